The van der Waals surface area contributed by atoms with E-state index in [-0.39, 0.29) is 25.5 Å². The zero-order valence-electron chi connectivity index (χ0n) is 33.9. The van der Waals surface area contributed by atoms with Gasteiger partial charge in [-0.05, 0) is 76.5 Å². The molecule has 2 unspecified atom stereocenters. The van der Waals surface area contributed by atoms with Gasteiger partial charge >= 0.3 is 6.09 Å². The fourth-order valence-corrected chi connectivity index (χ4v) is 10.1. The highest BCUT2D eigenvalue weighted by molar-refractivity contribution is 7.91. The number of carbonyl (C=O) groups excluding carboxylic acids is 4. The number of hydrogen-bond donors (Lipinski definition) is 3. The van der Waals surface area contributed by atoms with E-state index in [0.717, 1.165) is 56.2 Å². The Morgan fingerprint density at radius 1 is 0.948 bits per heavy atom. The van der Waals surface area contributed by atoms with Crippen LogP contribution in [0.1, 0.15) is 89.3 Å². The van der Waals surface area contributed by atoms with Crippen molar-refractivity contribution in [1.82, 2.24) is 25.2 Å². The number of methoxy groups -OCH3 is 3. The molecule has 2 heterocycles. The molecule has 1 saturated heterocycles. The number of pyridine rings is 1. The summed E-state index contributed by atoms with van der Waals surface area (Å²) in [5.41, 5.74) is 0.754. The van der Waals surface area contributed by atoms with E-state index < -0.39 is 74.7 Å². The van der Waals surface area contributed by atoms with E-state index >= 15 is 0 Å². The van der Waals surface area contributed by atoms with Crippen LogP contribution in [0.15, 0.2) is 18.7 Å². The number of nitrogens with zero attached hydrogens (tertiary/aromatic N) is 2. The second kappa shape index (κ2) is 16.5. The smallest absolute Gasteiger partial charge is 0.408 e. The highest BCUT2D eigenvalue weighted by Crippen LogP contribution is 2.50. The number of aromatic nitrogens is 1. The van der Waals surface area contributed by atoms with Crippen molar-refractivity contribution in [3.63, 3.8) is 0 Å². The van der Waals surface area contributed by atoms with E-state index in [0.29, 0.717) is 53.2 Å². The van der Waals surface area contributed by atoms with Crippen LogP contribution in [-0.2, 0) is 42.0 Å². The van der Waals surface area contributed by atoms with Gasteiger partial charge in [0.15, 0.2) is 11.5 Å². The van der Waals surface area contributed by atoms with Gasteiger partial charge in [0.1, 0.15) is 35.6 Å². The van der Waals surface area contributed by atoms with Gasteiger partial charge in [-0.25, -0.2) is 13.2 Å². The summed E-state index contributed by atoms with van der Waals surface area (Å²) in [5, 5.41) is 5.51. The van der Waals surface area contributed by atoms with Gasteiger partial charge in [-0.3, -0.25) is 24.1 Å². The molecule has 17 heteroatoms. The lowest BCUT2D eigenvalue weighted by Gasteiger charge is -2.31. The van der Waals surface area contributed by atoms with Crippen LogP contribution in [0.2, 0.25) is 0 Å². The Bertz CT molecular complexity index is 2080. The summed E-state index contributed by atoms with van der Waals surface area (Å²) >= 11 is 0. The monoisotopic (exact) mass is 825 g/mol. The maximum atomic E-state index is 14.7. The number of fused-ring (bicyclic) bond motifs is 2. The Morgan fingerprint density at radius 2 is 1.66 bits per heavy atom. The van der Waals surface area contributed by atoms with Crippen molar-refractivity contribution in [2.75, 3.05) is 27.9 Å². The van der Waals surface area contributed by atoms with Crippen LogP contribution in [-0.4, -0.2) is 105 Å². The minimum Gasteiger partial charge on any atom is -0.493 e. The minimum absolute atomic E-state index is 0.0138. The summed E-state index contributed by atoms with van der Waals surface area (Å²) in [5.74, 6) is -1.32. The van der Waals surface area contributed by atoms with Crippen LogP contribution in [0.25, 0.3) is 10.9 Å². The van der Waals surface area contributed by atoms with Crippen LogP contribution in [0.3, 0.4) is 0 Å². The molecule has 4 amide bonds. The Labute approximate surface area is 339 Å². The molecule has 16 nitrogen and oxygen atoms in total. The van der Waals surface area contributed by atoms with E-state index in [9.17, 15) is 27.6 Å². The quantitative estimate of drug-likeness (QED) is 0.220. The first kappa shape index (κ1) is 41.4. The normalized spacial score (nSPS) is 24.7. The first-order chi connectivity index (χ1) is 27.7. The van der Waals surface area contributed by atoms with Gasteiger partial charge in [-0.1, -0.05) is 19.9 Å². The second-order valence-electron chi connectivity index (χ2n) is 16.5. The fraction of sp³-hybridized carbons (Fsp3) is 0.634. The third-order valence-corrected chi connectivity index (χ3v) is 14.0. The van der Waals surface area contributed by atoms with Crippen molar-refractivity contribution in [1.29, 1.82) is 0 Å². The van der Waals surface area contributed by atoms with Gasteiger partial charge in [0.25, 0.3) is 5.91 Å². The van der Waals surface area contributed by atoms with Gasteiger partial charge in [-0.15, -0.1) is 6.58 Å². The molecule has 7 rings (SSSR count). The van der Waals surface area contributed by atoms with Crippen LogP contribution < -0.4 is 34.3 Å². The third-order valence-electron chi connectivity index (χ3n) is 12.2. The van der Waals surface area contributed by atoms with Gasteiger partial charge in [0.05, 0.1) is 44.0 Å². The maximum Gasteiger partial charge on any atom is 0.408 e. The second-order valence-corrected chi connectivity index (χ2v) is 18.4. The van der Waals surface area contributed by atoms with Gasteiger partial charge in [-0.2, -0.15) is 0 Å². The Hall–Kier alpha value is -4.80. The number of hydrogen-bond acceptors (Lipinski definition) is 12. The molecule has 4 fully saturated rings. The molecular formula is C41H55N5O11S. The molecule has 58 heavy (non-hydrogen) atoms. The molecule has 5 aliphatic rings. The summed E-state index contributed by atoms with van der Waals surface area (Å²) in [6.07, 6.45) is 7.54. The van der Waals surface area contributed by atoms with Gasteiger partial charge < -0.3 is 39.2 Å². The summed E-state index contributed by atoms with van der Waals surface area (Å²) in [7, 11) is 0.636. The standard InChI is InChI=1S/C41H55N5O11S/c1-7-23-20-41(23,39(49)45-58(51,52)26-16-17-26)44-37(47)30-18-25(21-46(30)38(48)33(22(2)3)43-40(50)57-24-12-8-9-13-24)56-34-27-14-10-11-15-28(27)42-29-19-31(53-4)35(54-5)36(55-6)32(29)34/h7,19,22-26,30,33H,1,8-18,20-21H2,2-6H3,(H,43,50)(H,44,47)(H,45,49)/t23?,25-,30+,33+,41?/m1/s1. The molecule has 316 valence electrons. The number of nitrogens with one attached hydrogen (secondary N) is 3. The topological polar surface area (TPSA) is 201 Å². The molecule has 2 aromatic rings. The average molecular weight is 826 g/mol. The minimum atomic E-state index is -3.92. The lowest BCUT2D eigenvalue weighted by molar-refractivity contribution is -0.141. The summed E-state index contributed by atoms with van der Waals surface area (Å²) < 4.78 is 57.7. The van der Waals surface area contributed by atoms with Crippen molar-refractivity contribution in [2.24, 2.45) is 11.8 Å². The van der Waals surface area contributed by atoms with E-state index in [1.165, 1.54) is 32.3 Å². The Kier molecular flexibility index (Phi) is 11.7. The first-order valence-corrected chi connectivity index (χ1v) is 21.9. The highest BCUT2D eigenvalue weighted by Gasteiger charge is 2.62. The van der Waals surface area contributed by atoms with E-state index in [1.807, 2.05) is 0 Å². The molecule has 0 bridgehead atoms. The lowest BCUT2D eigenvalue weighted by atomic mass is 9.93. The number of sulfonamides is 1. The van der Waals surface area contributed by atoms with Gasteiger partial charge in [0, 0.05) is 29.7 Å². The zero-order valence-corrected chi connectivity index (χ0v) is 34.7. The molecule has 3 saturated carbocycles. The first-order valence-electron chi connectivity index (χ1n) is 20.3. The van der Waals surface area contributed by atoms with Crippen molar-refractivity contribution in [3.05, 3.63) is 30.0 Å². The van der Waals surface area contributed by atoms with Crippen LogP contribution in [0, 0.1) is 11.8 Å². The largest absolute Gasteiger partial charge is 0.493 e. The molecular weight excluding hydrogens is 771 g/mol. The number of ether oxygens (including phenoxy) is 5. The Balaban J connectivity index is 1.23. The van der Waals surface area contributed by atoms with E-state index in [4.69, 9.17) is 28.7 Å². The molecule has 1 aromatic carbocycles. The number of aryl methyl sites for hydroxylation is 1. The summed E-state index contributed by atoms with van der Waals surface area (Å²) in [6.45, 7) is 7.34. The van der Waals surface area contributed by atoms with Crippen LogP contribution in [0.4, 0.5) is 4.79 Å². The number of alkyl carbamates (subject to hydrolysis) is 1. The molecule has 1 aliphatic heterocycles. The predicted molar refractivity (Wildman–Crippen MR) is 212 cm³/mol. The fourth-order valence-electron chi connectivity index (χ4n) is 8.71. The summed E-state index contributed by atoms with van der Waals surface area (Å²) in [4.78, 5) is 62.3. The van der Waals surface area contributed by atoms with Crippen molar-refractivity contribution in [3.8, 4) is 23.0 Å². The Morgan fingerprint density at radius 3 is 2.28 bits per heavy atom. The molecule has 0 spiro atoms. The van der Waals surface area contributed by atoms with Crippen molar-refractivity contribution in [2.45, 2.75) is 126 Å². The lowest BCUT2D eigenvalue weighted by Crippen LogP contribution is -2.59. The SMILES string of the molecule is C=CC1CC1(NC(=O)[C@@H]1C[C@@H](Oc2c3c(nc4cc(OC)c(OC)c(OC)c24)CCCC3)CN1C(=O)[C@@H](NC(=O)OC1CCCC1)C(C)C)C(=O)NS(=O)(=O)C1CC1. The summed E-state index contributed by atoms with van der Waals surface area (Å²) in [6, 6.07) is -0.456. The van der Waals surface area contributed by atoms with Crippen molar-refractivity contribution >= 4 is 44.7 Å². The highest BCUT2D eigenvalue weighted by atomic mass is 32.2. The van der Waals surface area contributed by atoms with E-state index in [2.05, 4.69) is 21.9 Å². The average Bonchev–Trinajstić information content (AvgIpc) is 4.08. The molecule has 1 aromatic heterocycles. The molecule has 0 radical (unpaired) electrons. The van der Waals surface area contributed by atoms with E-state index in [1.54, 1.807) is 19.9 Å². The molecule has 3 N–H and O–H groups in total. The predicted octanol–water partition coefficient (Wildman–Crippen LogP) is 3.85. The number of likely N-dealkylation sites (tertiary alicyclic amines) is 1. The zero-order chi connectivity index (χ0) is 41.5. The number of rotatable bonds is 15. The molecule has 5 atom stereocenters. The van der Waals surface area contributed by atoms with Crippen LogP contribution >= 0.6 is 0 Å². The van der Waals surface area contributed by atoms with Gasteiger partial charge in [0.2, 0.25) is 27.6 Å². The third kappa shape index (κ3) is 7.97. The molecule has 4 aliphatic carbocycles. The van der Waals surface area contributed by atoms with Crippen molar-refractivity contribution < 1.29 is 51.3 Å². The number of benzene rings is 1. The van der Waals surface area contributed by atoms with Crippen LogP contribution in [0.5, 0.6) is 23.0 Å². The maximum absolute atomic E-state index is 14.7. The number of amides is 4. The number of carbonyl (C=O) groups is 4.